The first-order chi connectivity index (χ1) is 9.99. The number of carbonyl (C=O) groups excluding carboxylic acids is 1. The van der Waals surface area contributed by atoms with E-state index < -0.39 is 5.63 Å². The van der Waals surface area contributed by atoms with Crippen LogP contribution >= 0.6 is 0 Å². The predicted octanol–water partition coefficient (Wildman–Crippen LogP) is 1.27. The second-order valence-corrected chi connectivity index (χ2v) is 7.88. The van der Waals surface area contributed by atoms with E-state index in [0.29, 0.717) is 16.9 Å². The van der Waals surface area contributed by atoms with Gasteiger partial charge in [-0.25, -0.2) is 4.79 Å². The molecular formula is C17H27N2O3+. The standard InChI is InChI=1S/C17H26N2O3/c1-10-7-13(20)22-11(2)14(10)15(21)18-12-8-16(3,4)19-17(5,6)9-12/h7,12,19H,8-9H2,1-6H3,(H,18,21)/p+1. The average molecular weight is 307 g/mol. The number of aryl methyl sites for hydroxylation is 2. The lowest BCUT2D eigenvalue weighted by atomic mass is 9.79. The highest BCUT2D eigenvalue weighted by atomic mass is 16.4. The number of nitrogens with one attached hydrogen (secondary N) is 1. The lowest BCUT2D eigenvalue weighted by Gasteiger charge is -2.43. The summed E-state index contributed by atoms with van der Waals surface area (Å²) in [5.41, 5.74) is 0.901. The molecule has 0 aliphatic carbocycles. The molecule has 1 saturated heterocycles. The number of quaternary nitrogens is 1. The van der Waals surface area contributed by atoms with E-state index in [0.717, 1.165) is 12.8 Å². The van der Waals surface area contributed by atoms with Crippen LogP contribution in [0.4, 0.5) is 0 Å². The minimum Gasteiger partial charge on any atom is -0.427 e. The number of hydrogen-bond donors (Lipinski definition) is 2. The molecule has 1 aliphatic heterocycles. The number of hydrogen-bond acceptors (Lipinski definition) is 3. The molecule has 22 heavy (non-hydrogen) atoms. The molecule has 0 unspecified atom stereocenters. The van der Waals surface area contributed by atoms with Gasteiger partial charge in [0.25, 0.3) is 5.91 Å². The molecule has 5 nitrogen and oxygen atoms in total. The molecule has 1 aliphatic rings. The van der Waals surface area contributed by atoms with Gasteiger partial charge in [-0.1, -0.05) is 0 Å². The summed E-state index contributed by atoms with van der Waals surface area (Å²) in [5, 5.41) is 5.50. The van der Waals surface area contributed by atoms with Gasteiger partial charge in [-0.3, -0.25) is 4.79 Å². The Hall–Kier alpha value is -1.62. The molecule has 0 atom stereocenters. The second-order valence-electron chi connectivity index (χ2n) is 7.88. The smallest absolute Gasteiger partial charge is 0.336 e. The minimum absolute atomic E-state index is 0.0903. The van der Waals surface area contributed by atoms with Crippen molar-refractivity contribution >= 4 is 5.91 Å². The Morgan fingerprint density at radius 2 is 1.77 bits per heavy atom. The van der Waals surface area contributed by atoms with Gasteiger partial charge >= 0.3 is 5.63 Å². The fourth-order valence-corrected chi connectivity index (χ4v) is 3.97. The summed E-state index contributed by atoms with van der Waals surface area (Å²) in [6, 6.07) is 1.48. The number of piperidine rings is 1. The molecule has 0 radical (unpaired) electrons. The van der Waals surface area contributed by atoms with Gasteiger partial charge in [-0.05, 0) is 47.1 Å². The van der Waals surface area contributed by atoms with Crippen LogP contribution in [0.5, 0.6) is 0 Å². The van der Waals surface area contributed by atoms with Gasteiger partial charge in [0, 0.05) is 24.9 Å². The van der Waals surface area contributed by atoms with Crippen molar-refractivity contribution in [3.63, 3.8) is 0 Å². The monoisotopic (exact) mass is 307 g/mol. The zero-order valence-electron chi connectivity index (χ0n) is 14.4. The van der Waals surface area contributed by atoms with Crippen molar-refractivity contribution < 1.29 is 14.5 Å². The van der Waals surface area contributed by atoms with Crippen LogP contribution in [0.3, 0.4) is 0 Å². The summed E-state index contributed by atoms with van der Waals surface area (Å²) < 4.78 is 5.06. The highest BCUT2D eigenvalue weighted by molar-refractivity contribution is 5.96. The molecule has 0 spiro atoms. The van der Waals surface area contributed by atoms with Crippen molar-refractivity contribution in [3.8, 4) is 0 Å². The summed E-state index contributed by atoms with van der Waals surface area (Å²) >= 11 is 0. The second kappa shape index (κ2) is 5.54. The Balaban J connectivity index is 2.21. The van der Waals surface area contributed by atoms with Gasteiger partial charge in [0.2, 0.25) is 0 Å². The molecule has 122 valence electrons. The molecule has 1 amide bonds. The van der Waals surface area contributed by atoms with Gasteiger partial charge in [0.1, 0.15) is 5.76 Å². The third kappa shape index (κ3) is 3.77. The van der Waals surface area contributed by atoms with E-state index in [2.05, 4.69) is 38.3 Å². The van der Waals surface area contributed by atoms with Crippen molar-refractivity contribution in [1.82, 2.24) is 5.32 Å². The maximum Gasteiger partial charge on any atom is 0.336 e. The first kappa shape index (κ1) is 16.7. The molecule has 0 bridgehead atoms. The predicted molar refractivity (Wildman–Crippen MR) is 85.0 cm³/mol. The molecule has 5 heteroatoms. The van der Waals surface area contributed by atoms with Crippen LogP contribution in [0.2, 0.25) is 0 Å². The van der Waals surface area contributed by atoms with Crippen LogP contribution in [-0.2, 0) is 0 Å². The van der Waals surface area contributed by atoms with Crippen LogP contribution < -0.4 is 16.3 Å². The molecule has 1 fully saturated rings. The lowest BCUT2D eigenvalue weighted by molar-refractivity contribution is -0.787. The summed E-state index contributed by atoms with van der Waals surface area (Å²) in [6.45, 7) is 12.2. The Bertz CT molecular complexity index is 602. The molecule has 2 heterocycles. The fraction of sp³-hybridized carbons (Fsp3) is 0.647. The van der Waals surface area contributed by atoms with Gasteiger partial charge in [0.15, 0.2) is 0 Å². The van der Waals surface area contributed by atoms with Crippen molar-refractivity contribution in [2.24, 2.45) is 0 Å². The summed E-state index contributed by atoms with van der Waals surface area (Å²) in [5.74, 6) is 0.223. The highest BCUT2D eigenvalue weighted by Crippen LogP contribution is 2.22. The molecule has 3 N–H and O–H groups in total. The molecule has 1 aromatic rings. The first-order valence-electron chi connectivity index (χ1n) is 7.78. The van der Waals surface area contributed by atoms with E-state index in [-0.39, 0.29) is 23.0 Å². The van der Waals surface area contributed by atoms with Crippen LogP contribution in [0.1, 0.15) is 62.2 Å². The van der Waals surface area contributed by atoms with Crippen LogP contribution in [-0.4, -0.2) is 23.0 Å². The molecule has 0 saturated carbocycles. The Morgan fingerprint density at radius 1 is 1.23 bits per heavy atom. The van der Waals surface area contributed by atoms with E-state index in [9.17, 15) is 9.59 Å². The summed E-state index contributed by atoms with van der Waals surface area (Å²) in [4.78, 5) is 23.9. The van der Waals surface area contributed by atoms with Crippen LogP contribution in [0.15, 0.2) is 15.3 Å². The van der Waals surface area contributed by atoms with Gasteiger partial charge in [-0.15, -0.1) is 0 Å². The third-order valence-corrected chi connectivity index (χ3v) is 4.22. The molecule has 1 aromatic heterocycles. The van der Waals surface area contributed by atoms with Crippen LogP contribution in [0, 0.1) is 13.8 Å². The topological polar surface area (TPSA) is 75.9 Å². The largest absolute Gasteiger partial charge is 0.427 e. The Kier molecular flexibility index (Phi) is 4.22. The zero-order chi connectivity index (χ0) is 16.7. The average Bonchev–Trinajstić information content (AvgIpc) is 2.21. The first-order valence-corrected chi connectivity index (χ1v) is 7.78. The normalized spacial score (nSPS) is 20.6. The number of carbonyl (C=O) groups is 1. The molecule has 2 rings (SSSR count). The number of nitrogens with two attached hydrogens (primary N) is 1. The maximum absolute atomic E-state index is 12.6. The third-order valence-electron chi connectivity index (χ3n) is 4.22. The fourth-order valence-electron chi connectivity index (χ4n) is 3.97. The van der Waals surface area contributed by atoms with E-state index in [4.69, 9.17) is 4.42 Å². The van der Waals surface area contributed by atoms with Gasteiger partial charge in [0.05, 0.1) is 16.6 Å². The maximum atomic E-state index is 12.6. The van der Waals surface area contributed by atoms with E-state index in [1.54, 1.807) is 13.8 Å². The van der Waals surface area contributed by atoms with Crippen molar-refractivity contribution in [2.75, 3.05) is 0 Å². The summed E-state index contributed by atoms with van der Waals surface area (Å²) in [7, 11) is 0. The van der Waals surface area contributed by atoms with Gasteiger partial charge in [-0.2, -0.15) is 0 Å². The van der Waals surface area contributed by atoms with Crippen molar-refractivity contribution in [2.45, 2.75) is 71.5 Å². The molecule has 0 aromatic carbocycles. The minimum atomic E-state index is -0.416. The SMILES string of the molecule is Cc1cc(=O)oc(C)c1C(=O)NC1CC(C)(C)[NH2+]C(C)(C)C1. The number of amides is 1. The summed E-state index contributed by atoms with van der Waals surface area (Å²) in [6.07, 6.45) is 1.83. The van der Waals surface area contributed by atoms with Gasteiger partial charge < -0.3 is 15.1 Å². The van der Waals surface area contributed by atoms with E-state index in [1.165, 1.54) is 6.07 Å². The Labute approximate surface area is 131 Å². The Morgan fingerprint density at radius 3 is 2.27 bits per heavy atom. The number of rotatable bonds is 2. The van der Waals surface area contributed by atoms with E-state index >= 15 is 0 Å². The lowest BCUT2D eigenvalue weighted by Crippen LogP contribution is -3.06. The van der Waals surface area contributed by atoms with Crippen molar-refractivity contribution in [1.29, 1.82) is 0 Å². The quantitative estimate of drug-likeness (QED) is 0.864. The van der Waals surface area contributed by atoms with E-state index in [1.807, 2.05) is 0 Å². The molecular weight excluding hydrogens is 280 g/mol. The van der Waals surface area contributed by atoms with Crippen molar-refractivity contribution in [3.05, 3.63) is 33.4 Å². The zero-order valence-corrected chi connectivity index (χ0v) is 14.4. The van der Waals surface area contributed by atoms with Crippen LogP contribution in [0.25, 0.3) is 0 Å². The highest BCUT2D eigenvalue weighted by Gasteiger charge is 2.42.